The summed E-state index contributed by atoms with van der Waals surface area (Å²) in [6.45, 7) is 5.81. The average molecular weight is 266 g/mol. The number of alkyl halides is 1. The molecule has 0 rings (SSSR count). The first-order valence-corrected chi connectivity index (χ1v) is 7.91. The lowest BCUT2D eigenvalue weighted by molar-refractivity contribution is 0.199. The van der Waals surface area contributed by atoms with Crippen molar-refractivity contribution in [3.8, 4) is 0 Å². The molecule has 0 spiro atoms. The number of hydrogen-bond acceptors (Lipinski definition) is 3. The predicted octanol–water partition coefficient (Wildman–Crippen LogP) is 4.68. The molecule has 0 aromatic rings. The van der Waals surface area contributed by atoms with Gasteiger partial charge in [0.25, 0.3) is 0 Å². The van der Waals surface area contributed by atoms with Gasteiger partial charge in [-0.3, -0.25) is 4.57 Å². The van der Waals surface area contributed by atoms with Crippen molar-refractivity contribution in [2.75, 3.05) is 13.2 Å². The average Bonchev–Trinajstić information content (AvgIpc) is 2.29. The minimum atomic E-state index is -3.62. The smallest absolute Gasteiger partial charge is 0.307 e. The standard InChI is InChI=1S/C12H24FO3P/c1-4-7-8-9-10-11-12(13)17(14,15-5-2)16-6-3/h10-12H,4-9H2,1-3H3/b11-10-. The zero-order valence-corrected chi connectivity index (χ0v) is 11.9. The Morgan fingerprint density at radius 1 is 1.18 bits per heavy atom. The molecular weight excluding hydrogens is 242 g/mol. The molecule has 0 N–H and O–H groups in total. The largest absolute Gasteiger partial charge is 0.368 e. The number of rotatable bonds is 10. The molecule has 0 heterocycles. The van der Waals surface area contributed by atoms with Crippen LogP contribution < -0.4 is 0 Å². The molecule has 0 fully saturated rings. The lowest BCUT2D eigenvalue weighted by Gasteiger charge is -2.18. The Hall–Kier alpha value is -0.180. The van der Waals surface area contributed by atoms with Crippen LogP contribution in [0.3, 0.4) is 0 Å². The second-order valence-electron chi connectivity index (χ2n) is 3.67. The van der Waals surface area contributed by atoms with Gasteiger partial charge in [0.1, 0.15) is 0 Å². The molecule has 0 radical (unpaired) electrons. The molecule has 3 nitrogen and oxygen atoms in total. The minimum absolute atomic E-state index is 0.182. The lowest BCUT2D eigenvalue weighted by Crippen LogP contribution is -2.05. The summed E-state index contributed by atoms with van der Waals surface area (Å²) < 4.78 is 35.5. The van der Waals surface area contributed by atoms with Gasteiger partial charge < -0.3 is 9.05 Å². The van der Waals surface area contributed by atoms with E-state index in [1.807, 2.05) is 0 Å². The molecule has 0 aliphatic carbocycles. The Morgan fingerprint density at radius 3 is 2.24 bits per heavy atom. The summed E-state index contributed by atoms with van der Waals surface area (Å²) in [6, 6.07) is 0. The molecule has 1 atom stereocenters. The van der Waals surface area contributed by atoms with Crippen LogP contribution >= 0.6 is 7.60 Å². The fourth-order valence-corrected chi connectivity index (χ4v) is 2.78. The molecular formula is C12H24FO3P. The normalized spacial score (nSPS) is 14.4. The van der Waals surface area contributed by atoms with Crippen LogP contribution in [0, 0.1) is 0 Å². The third-order valence-corrected chi connectivity index (χ3v) is 4.20. The SMILES string of the molecule is CCCCC/C=C\C(F)P(=O)(OCC)OCC. The minimum Gasteiger partial charge on any atom is -0.307 e. The number of hydrogen-bond donors (Lipinski definition) is 0. The van der Waals surface area contributed by atoms with Crippen LogP contribution in [0.4, 0.5) is 4.39 Å². The van der Waals surface area contributed by atoms with E-state index >= 15 is 0 Å². The molecule has 0 amide bonds. The lowest BCUT2D eigenvalue weighted by atomic mass is 10.2. The quantitative estimate of drug-likeness (QED) is 0.327. The maximum Gasteiger partial charge on any atom is 0.368 e. The first-order valence-electron chi connectivity index (χ1n) is 6.30. The van der Waals surface area contributed by atoms with E-state index in [4.69, 9.17) is 9.05 Å². The van der Waals surface area contributed by atoms with Gasteiger partial charge in [-0.05, 0) is 32.8 Å². The van der Waals surface area contributed by atoms with Gasteiger partial charge in [0.15, 0.2) is 0 Å². The van der Waals surface area contributed by atoms with Crippen molar-refractivity contribution in [1.82, 2.24) is 0 Å². The molecule has 0 aromatic heterocycles. The highest BCUT2D eigenvalue weighted by Gasteiger charge is 2.33. The molecule has 102 valence electrons. The number of allylic oxidation sites excluding steroid dienone is 2. The van der Waals surface area contributed by atoms with Crippen molar-refractivity contribution in [3.63, 3.8) is 0 Å². The van der Waals surface area contributed by atoms with Gasteiger partial charge in [0.2, 0.25) is 5.91 Å². The molecule has 17 heavy (non-hydrogen) atoms. The van der Waals surface area contributed by atoms with E-state index < -0.39 is 13.5 Å². The Morgan fingerprint density at radius 2 is 1.76 bits per heavy atom. The molecule has 0 aromatic carbocycles. The summed E-state index contributed by atoms with van der Waals surface area (Å²) in [7, 11) is -3.62. The molecule has 0 aliphatic rings. The van der Waals surface area contributed by atoms with E-state index in [0.717, 1.165) is 25.7 Å². The van der Waals surface area contributed by atoms with Gasteiger partial charge in [-0.1, -0.05) is 25.8 Å². The number of unbranched alkanes of at least 4 members (excludes halogenated alkanes) is 3. The molecule has 0 bridgehead atoms. The van der Waals surface area contributed by atoms with Crippen LogP contribution in [0.25, 0.3) is 0 Å². The van der Waals surface area contributed by atoms with Gasteiger partial charge in [0, 0.05) is 0 Å². The number of halogens is 1. The summed E-state index contributed by atoms with van der Waals surface area (Å²) in [5.41, 5.74) is 0. The first-order chi connectivity index (χ1) is 8.10. The van der Waals surface area contributed by atoms with E-state index in [9.17, 15) is 8.96 Å². The van der Waals surface area contributed by atoms with Crippen molar-refractivity contribution in [2.45, 2.75) is 52.4 Å². The third-order valence-electron chi connectivity index (χ3n) is 2.19. The summed E-state index contributed by atoms with van der Waals surface area (Å²) in [4.78, 5) is 0. The van der Waals surface area contributed by atoms with E-state index in [2.05, 4.69) is 6.92 Å². The summed E-state index contributed by atoms with van der Waals surface area (Å²) in [5.74, 6) is -1.66. The Kier molecular flexibility index (Phi) is 9.71. The molecule has 5 heteroatoms. The second-order valence-corrected chi connectivity index (χ2v) is 5.76. The van der Waals surface area contributed by atoms with Crippen LogP contribution in [0.1, 0.15) is 46.5 Å². The Bertz CT molecular complexity index is 246. The zero-order valence-electron chi connectivity index (χ0n) is 11.0. The van der Waals surface area contributed by atoms with Crippen molar-refractivity contribution >= 4 is 7.60 Å². The first kappa shape index (κ1) is 16.8. The second kappa shape index (κ2) is 9.81. The van der Waals surface area contributed by atoms with Crippen molar-refractivity contribution in [3.05, 3.63) is 12.2 Å². The van der Waals surface area contributed by atoms with Gasteiger partial charge in [0.05, 0.1) is 13.2 Å². The van der Waals surface area contributed by atoms with Gasteiger partial charge in [-0.25, -0.2) is 4.39 Å². The highest BCUT2D eigenvalue weighted by atomic mass is 31.2. The monoisotopic (exact) mass is 266 g/mol. The van der Waals surface area contributed by atoms with Crippen LogP contribution in [-0.4, -0.2) is 19.1 Å². The fourth-order valence-electron chi connectivity index (χ4n) is 1.37. The molecule has 0 aliphatic heterocycles. The summed E-state index contributed by atoms with van der Waals surface area (Å²) >= 11 is 0. The maximum absolute atomic E-state index is 13.7. The topological polar surface area (TPSA) is 35.5 Å². The molecule has 1 unspecified atom stereocenters. The predicted molar refractivity (Wildman–Crippen MR) is 69.0 cm³/mol. The molecule has 0 saturated carbocycles. The van der Waals surface area contributed by atoms with Crippen LogP contribution in [0.15, 0.2) is 12.2 Å². The van der Waals surface area contributed by atoms with Gasteiger partial charge in [-0.2, -0.15) is 0 Å². The highest BCUT2D eigenvalue weighted by molar-refractivity contribution is 7.54. The van der Waals surface area contributed by atoms with E-state index in [1.165, 1.54) is 6.08 Å². The maximum atomic E-state index is 13.7. The van der Waals surface area contributed by atoms with Crippen molar-refractivity contribution in [2.24, 2.45) is 0 Å². The third kappa shape index (κ3) is 6.97. The summed E-state index contributed by atoms with van der Waals surface area (Å²) in [5, 5.41) is 0. The Balaban J connectivity index is 4.22. The van der Waals surface area contributed by atoms with E-state index in [-0.39, 0.29) is 13.2 Å². The highest BCUT2D eigenvalue weighted by Crippen LogP contribution is 2.54. The van der Waals surface area contributed by atoms with Crippen LogP contribution in [-0.2, 0) is 13.6 Å². The summed E-state index contributed by atoms with van der Waals surface area (Å²) in [6.07, 6.45) is 7.08. The van der Waals surface area contributed by atoms with Gasteiger partial charge in [-0.15, -0.1) is 0 Å². The van der Waals surface area contributed by atoms with E-state index in [0.29, 0.717) is 0 Å². The van der Waals surface area contributed by atoms with Crippen LogP contribution in [0.2, 0.25) is 0 Å². The van der Waals surface area contributed by atoms with Gasteiger partial charge >= 0.3 is 7.60 Å². The zero-order chi connectivity index (χ0) is 13.1. The molecule has 0 saturated heterocycles. The van der Waals surface area contributed by atoms with Crippen molar-refractivity contribution < 1.29 is 18.0 Å². The van der Waals surface area contributed by atoms with Crippen molar-refractivity contribution in [1.29, 1.82) is 0 Å². The fraction of sp³-hybridized carbons (Fsp3) is 0.833. The van der Waals surface area contributed by atoms with Crippen LogP contribution in [0.5, 0.6) is 0 Å². The Labute approximate surface area is 104 Å². The van der Waals surface area contributed by atoms with E-state index in [1.54, 1.807) is 19.9 Å².